The zero-order chi connectivity index (χ0) is 14.6. The van der Waals surface area contributed by atoms with Gasteiger partial charge < -0.3 is 10.4 Å². The third-order valence-corrected chi connectivity index (χ3v) is 3.53. The molecule has 0 bridgehead atoms. The van der Waals surface area contributed by atoms with E-state index < -0.39 is 6.10 Å². The van der Waals surface area contributed by atoms with Gasteiger partial charge in [-0.1, -0.05) is 65.8 Å². The second-order valence-electron chi connectivity index (χ2n) is 6.36. The highest BCUT2D eigenvalue weighted by Crippen LogP contribution is 2.24. The largest absolute Gasteiger partial charge is 0.387 e. The molecule has 1 rings (SSSR count). The van der Waals surface area contributed by atoms with Crippen molar-refractivity contribution in [3.8, 4) is 0 Å². The Bertz CT molecular complexity index is 367. The average molecular weight is 263 g/mol. The van der Waals surface area contributed by atoms with Crippen molar-refractivity contribution in [2.75, 3.05) is 0 Å². The topological polar surface area (TPSA) is 32.3 Å². The van der Waals surface area contributed by atoms with Crippen LogP contribution in [0.25, 0.3) is 0 Å². The lowest BCUT2D eigenvalue weighted by atomic mass is 9.91. The summed E-state index contributed by atoms with van der Waals surface area (Å²) in [7, 11) is 0. The van der Waals surface area contributed by atoms with Crippen LogP contribution in [0, 0.1) is 5.92 Å². The SMILES string of the molecule is CC(C)NC(C(C)C)C(O)c1ccc(C(C)C)cc1. The minimum Gasteiger partial charge on any atom is -0.387 e. The van der Waals surface area contributed by atoms with Crippen LogP contribution in [0.4, 0.5) is 0 Å². The third kappa shape index (κ3) is 4.63. The van der Waals surface area contributed by atoms with E-state index in [9.17, 15) is 5.11 Å². The molecule has 0 aromatic heterocycles. The number of hydrogen-bond donors (Lipinski definition) is 2. The van der Waals surface area contributed by atoms with Gasteiger partial charge in [0.1, 0.15) is 0 Å². The highest BCUT2D eigenvalue weighted by Gasteiger charge is 2.24. The molecule has 0 saturated carbocycles. The summed E-state index contributed by atoms with van der Waals surface area (Å²) < 4.78 is 0. The highest BCUT2D eigenvalue weighted by atomic mass is 16.3. The number of benzene rings is 1. The number of rotatable bonds is 6. The Morgan fingerprint density at radius 2 is 1.32 bits per heavy atom. The minimum absolute atomic E-state index is 0.0879. The maximum absolute atomic E-state index is 10.6. The van der Waals surface area contributed by atoms with Crippen LogP contribution in [0.5, 0.6) is 0 Å². The van der Waals surface area contributed by atoms with Gasteiger partial charge in [-0.2, -0.15) is 0 Å². The van der Waals surface area contributed by atoms with E-state index in [1.165, 1.54) is 5.56 Å². The molecule has 1 aromatic rings. The third-order valence-electron chi connectivity index (χ3n) is 3.53. The van der Waals surface area contributed by atoms with Gasteiger partial charge in [-0.25, -0.2) is 0 Å². The summed E-state index contributed by atoms with van der Waals surface area (Å²) in [5.74, 6) is 0.919. The lowest BCUT2D eigenvalue weighted by Crippen LogP contribution is -2.43. The van der Waals surface area contributed by atoms with Crippen LogP contribution in [-0.2, 0) is 0 Å². The van der Waals surface area contributed by atoms with Crippen LogP contribution in [0.1, 0.15) is 64.7 Å². The summed E-state index contributed by atoms with van der Waals surface area (Å²) in [5, 5.41) is 14.0. The fourth-order valence-corrected chi connectivity index (χ4v) is 2.32. The highest BCUT2D eigenvalue weighted by molar-refractivity contribution is 5.27. The summed E-state index contributed by atoms with van der Waals surface area (Å²) in [6, 6.07) is 8.81. The predicted octanol–water partition coefficient (Wildman–Crippen LogP) is 3.87. The number of nitrogens with one attached hydrogen (secondary N) is 1. The Kier molecular flexibility index (Phi) is 6.02. The monoisotopic (exact) mass is 263 g/mol. The maximum Gasteiger partial charge on any atom is 0.0945 e. The van der Waals surface area contributed by atoms with Gasteiger partial charge in [0.15, 0.2) is 0 Å². The van der Waals surface area contributed by atoms with E-state index in [0.29, 0.717) is 17.9 Å². The molecule has 2 heteroatoms. The van der Waals surface area contributed by atoms with Crippen molar-refractivity contribution in [1.82, 2.24) is 5.32 Å². The van der Waals surface area contributed by atoms with Gasteiger partial charge in [0, 0.05) is 12.1 Å². The molecule has 2 nitrogen and oxygen atoms in total. The van der Waals surface area contributed by atoms with Gasteiger partial charge >= 0.3 is 0 Å². The number of aliphatic hydroxyl groups is 1. The van der Waals surface area contributed by atoms with Crippen molar-refractivity contribution in [1.29, 1.82) is 0 Å². The Labute approximate surface area is 118 Å². The molecule has 0 saturated heterocycles. The van der Waals surface area contributed by atoms with E-state index in [1.807, 2.05) is 0 Å². The molecule has 108 valence electrons. The molecule has 1 aromatic carbocycles. The molecule has 2 N–H and O–H groups in total. The van der Waals surface area contributed by atoms with E-state index in [2.05, 4.69) is 71.1 Å². The standard InChI is InChI=1S/C17H29NO/c1-11(2)14-7-9-15(10-8-14)17(19)16(12(3)4)18-13(5)6/h7-13,16-19H,1-6H3. The molecule has 19 heavy (non-hydrogen) atoms. The van der Waals surface area contributed by atoms with Crippen LogP contribution >= 0.6 is 0 Å². The molecular weight excluding hydrogens is 234 g/mol. The quantitative estimate of drug-likeness (QED) is 0.816. The van der Waals surface area contributed by atoms with Crippen molar-refractivity contribution in [2.45, 2.75) is 65.6 Å². The van der Waals surface area contributed by atoms with E-state index in [1.54, 1.807) is 0 Å². The molecule has 0 aliphatic carbocycles. The van der Waals surface area contributed by atoms with Gasteiger partial charge in [-0.3, -0.25) is 0 Å². The van der Waals surface area contributed by atoms with Crippen molar-refractivity contribution in [3.05, 3.63) is 35.4 Å². The number of aliphatic hydroxyl groups excluding tert-OH is 1. The number of hydrogen-bond acceptors (Lipinski definition) is 2. The van der Waals surface area contributed by atoms with Crippen LogP contribution < -0.4 is 5.32 Å². The maximum atomic E-state index is 10.6. The van der Waals surface area contributed by atoms with Crippen molar-refractivity contribution in [2.24, 2.45) is 5.92 Å². The smallest absolute Gasteiger partial charge is 0.0945 e. The van der Waals surface area contributed by atoms with Gasteiger partial charge in [-0.05, 0) is 23.0 Å². The van der Waals surface area contributed by atoms with Gasteiger partial charge in [0.05, 0.1) is 6.10 Å². The molecule has 0 spiro atoms. The summed E-state index contributed by atoms with van der Waals surface area (Å²) in [5.41, 5.74) is 2.31. The fraction of sp³-hybridized carbons (Fsp3) is 0.647. The normalized spacial score (nSPS) is 15.3. The van der Waals surface area contributed by atoms with Crippen LogP contribution in [0.3, 0.4) is 0 Å². The van der Waals surface area contributed by atoms with E-state index in [0.717, 1.165) is 5.56 Å². The van der Waals surface area contributed by atoms with E-state index >= 15 is 0 Å². The summed E-state index contributed by atoms with van der Waals surface area (Å²) >= 11 is 0. The Morgan fingerprint density at radius 1 is 0.842 bits per heavy atom. The summed E-state index contributed by atoms with van der Waals surface area (Å²) in [4.78, 5) is 0. The zero-order valence-electron chi connectivity index (χ0n) is 13.1. The summed E-state index contributed by atoms with van der Waals surface area (Å²) in [6.45, 7) is 12.9. The molecule has 0 fully saturated rings. The predicted molar refractivity (Wildman–Crippen MR) is 82.4 cm³/mol. The molecular formula is C17H29NO. The fourth-order valence-electron chi connectivity index (χ4n) is 2.32. The van der Waals surface area contributed by atoms with Crippen LogP contribution in [-0.4, -0.2) is 17.2 Å². The Morgan fingerprint density at radius 3 is 1.68 bits per heavy atom. The van der Waals surface area contributed by atoms with Crippen LogP contribution in [0.15, 0.2) is 24.3 Å². The minimum atomic E-state index is -0.455. The molecule has 0 amide bonds. The first kappa shape index (κ1) is 16.2. The molecule has 0 aliphatic rings. The van der Waals surface area contributed by atoms with E-state index in [4.69, 9.17) is 0 Å². The van der Waals surface area contributed by atoms with Crippen molar-refractivity contribution >= 4 is 0 Å². The van der Waals surface area contributed by atoms with Crippen LogP contribution in [0.2, 0.25) is 0 Å². The molecule has 2 unspecified atom stereocenters. The van der Waals surface area contributed by atoms with Gasteiger partial charge in [0.2, 0.25) is 0 Å². The first-order valence-electron chi connectivity index (χ1n) is 7.37. The first-order valence-corrected chi connectivity index (χ1v) is 7.37. The van der Waals surface area contributed by atoms with E-state index in [-0.39, 0.29) is 6.04 Å². The molecule has 0 radical (unpaired) electrons. The molecule has 2 atom stereocenters. The Balaban J connectivity index is 2.86. The first-order chi connectivity index (χ1) is 8.82. The molecule has 0 aliphatic heterocycles. The second-order valence-corrected chi connectivity index (χ2v) is 6.36. The van der Waals surface area contributed by atoms with Crippen molar-refractivity contribution in [3.63, 3.8) is 0 Å². The van der Waals surface area contributed by atoms with Gasteiger partial charge in [-0.15, -0.1) is 0 Å². The average Bonchev–Trinajstić information content (AvgIpc) is 2.34. The lowest BCUT2D eigenvalue weighted by molar-refractivity contribution is 0.100. The lowest BCUT2D eigenvalue weighted by Gasteiger charge is -2.30. The summed E-state index contributed by atoms with van der Waals surface area (Å²) in [6.07, 6.45) is -0.455. The Hall–Kier alpha value is -0.860. The van der Waals surface area contributed by atoms with Crippen molar-refractivity contribution < 1.29 is 5.11 Å². The zero-order valence-corrected chi connectivity index (χ0v) is 13.1. The molecule has 0 heterocycles. The second kappa shape index (κ2) is 7.06. The van der Waals surface area contributed by atoms with Gasteiger partial charge in [0.25, 0.3) is 0 Å².